The number of hydrogen-bond acceptors (Lipinski definition) is 3. The number of hydrogen-bond donors (Lipinski definition) is 0. The number of aryl methyl sites for hydroxylation is 2. The average Bonchev–Trinajstić information content (AvgIpc) is 3.06. The highest BCUT2D eigenvalue weighted by Crippen LogP contribution is 2.16. The minimum absolute atomic E-state index is 0.503. The van der Waals surface area contributed by atoms with Crippen molar-refractivity contribution in [2.75, 3.05) is 0 Å². The molecule has 0 spiro atoms. The standard InChI is InChI=1S/C14H14ClN3S/c15-8-11-9-19-14(17-11)6-3-7-18-10-16-12-4-1-2-5-13(12)18/h1-2,4-5,9-10H,3,6-8H2. The first-order valence-corrected chi connectivity index (χ1v) is 7.67. The van der Waals surface area contributed by atoms with Gasteiger partial charge in [-0.05, 0) is 18.6 Å². The van der Waals surface area contributed by atoms with Crippen molar-refractivity contribution in [3.63, 3.8) is 0 Å². The highest BCUT2D eigenvalue weighted by atomic mass is 35.5. The van der Waals surface area contributed by atoms with Crippen LogP contribution in [0, 0.1) is 0 Å². The van der Waals surface area contributed by atoms with E-state index in [1.165, 1.54) is 10.5 Å². The van der Waals surface area contributed by atoms with Crippen molar-refractivity contribution in [1.82, 2.24) is 14.5 Å². The molecule has 2 aromatic heterocycles. The zero-order valence-corrected chi connectivity index (χ0v) is 12.0. The van der Waals surface area contributed by atoms with E-state index in [0.717, 1.165) is 30.6 Å². The maximum Gasteiger partial charge on any atom is 0.0958 e. The van der Waals surface area contributed by atoms with Crippen LogP contribution in [0.1, 0.15) is 17.1 Å². The summed E-state index contributed by atoms with van der Waals surface area (Å²) >= 11 is 7.45. The van der Waals surface area contributed by atoms with Gasteiger partial charge in [-0.25, -0.2) is 9.97 Å². The molecule has 0 saturated carbocycles. The Morgan fingerprint density at radius 2 is 2.16 bits per heavy atom. The Bertz CT molecular complexity index is 674. The summed E-state index contributed by atoms with van der Waals surface area (Å²) < 4.78 is 2.20. The van der Waals surface area contributed by atoms with Crippen molar-refractivity contribution >= 4 is 34.0 Å². The van der Waals surface area contributed by atoms with E-state index in [1.54, 1.807) is 11.3 Å². The fourth-order valence-electron chi connectivity index (χ4n) is 2.11. The summed E-state index contributed by atoms with van der Waals surface area (Å²) in [5, 5.41) is 3.20. The summed E-state index contributed by atoms with van der Waals surface area (Å²) in [6, 6.07) is 8.22. The van der Waals surface area contributed by atoms with Gasteiger partial charge < -0.3 is 4.57 Å². The van der Waals surface area contributed by atoms with E-state index in [2.05, 4.69) is 20.6 Å². The van der Waals surface area contributed by atoms with E-state index in [4.69, 9.17) is 11.6 Å². The Kier molecular flexibility index (Phi) is 3.80. The van der Waals surface area contributed by atoms with Gasteiger partial charge in [0, 0.05) is 18.3 Å². The van der Waals surface area contributed by atoms with Gasteiger partial charge in [-0.2, -0.15) is 0 Å². The van der Waals surface area contributed by atoms with E-state index in [-0.39, 0.29) is 0 Å². The van der Waals surface area contributed by atoms with Crippen LogP contribution in [-0.4, -0.2) is 14.5 Å². The average molecular weight is 292 g/mol. The second-order valence-electron chi connectivity index (χ2n) is 4.40. The van der Waals surface area contributed by atoms with Crippen LogP contribution < -0.4 is 0 Å². The summed E-state index contributed by atoms with van der Waals surface area (Å²) in [6.07, 6.45) is 3.97. The van der Waals surface area contributed by atoms with Gasteiger partial charge in [0.25, 0.3) is 0 Å². The molecule has 0 unspecified atom stereocenters. The first-order chi connectivity index (χ1) is 9.36. The third-order valence-corrected chi connectivity index (χ3v) is 4.28. The Hall–Kier alpha value is -1.39. The van der Waals surface area contributed by atoms with Crippen LogP contribution in [-0.2, 0) is 18.8 Å². The normalized spacial score (nSPS) is 11.2. The largest absolute Gasteiger partial charge is 0.331 e. The molecule has 3 aromatic rings. The Labute approximate surface area is 120 Å². The molecular formula is C14H14ClN3S. The molecule has 3 rings (SSSR count). The molecule has 0 N–H and O–H groups in total. The number of thiazole rings is 1. The number of benzene rings is 1. The molecule has 1 aromatic carbocycles. The van der Waals surface area contributed by atoms with E-state index < -0.39 is 0 Å². The molecule has 3 nitrogen and oxygen atoms in total. The number of rotatable bonds is 5. The van der Waals surface area contributed by atoms with E-state index in [1.807, 2.05) is 29.9 Å². The van der Waals surface area contributed by atoms with Gasteiger partial charge in [-0.1, -0.05) is 12.1 Å². The second kappa shape index (κ2) is 5.72. The van der Waals surface area contributed by atoms with Crippen LogP contribution in [0.15, 0.2) is 36.0 Å². The number of imidazole rings is 1. The summed E-state index contributed by atoms with van der Waals surface area (Å²) in [5.74, 6) is 0.503. The van der Waals surface area contributed by atoms with Gasteiger partial charge in [-0.3, -0.25) is 0 Å². The number of nitrogens with zero attached hydrogens (tertiary/aromatic N) is 3. The summed E-state index contributed by atoms with van der Waals surface area (Å²) in [5.41, 5.74) is 3.24. The van der Waals surface area contributed by atoms with E-state index in [0.29, 0.717) is 5.88 Å². The van der Waals surface area contributed by atoms with Gasteiger partial charge in [-0.15, -0.1) is 22.9 Å². The SMILES string of the molecule is ClCc1csc(CCCn2cnc3ccccc32)n1. The van der Waals surface area contributed by atoms with Crippen molar-refractivity contribution < 1.29 is 0 Å². The van der Waals surface area contributed by atoms with E-state index >= 15 is 0 Å². The molecule has 0 saturated heterocycles. The molecule has 5 heteroatoms. The predicted molar refractivity (Wildman–Crippen MR) is 79.7 cm³/mol. The highest BCUT2D eigenvalue weighted by Gasteiger charge is 2.03. The molecule has 2 heterocycles. The number of aromatic nitrogens is 3. The number of fused-ring (bicyclic) bond motifs is 1. The molecule has 0 bridgehead atoms. The smallest absolute Gasteiger partial charge is 0.0958 e. The minimum Gasteiger partial charge on any atom is -0.331 e. The summed E-state index contributed by atoms with van der Waals surface area (Å²) in [7, 11) is 0. The molecule has 0 aliphatic carbocycles. The minimum atomic E-state index is 0.503. The van der Waals surface area contributed by atoms with Crippen LogP contribution in [0.3, 0.4) is 0 Å². The number of alkyl halides is 1. The van der Waals surface area contributed by atoms with Gasteiger partial charge in [0.15, 0.2) is 0 Å². The Morgan fingerprint density at radius 3 is 3.00 bits per heavy atom. The number of halogens is 1. The third-order valence-electron chi connectivity index (χ3n) is 3.05. The Morgan fingerprint density at radius 1 is 1.26 bits per heavy atom. The van der Waals surface area contributed by atoms with Crippen molar-refractivity contribution in [2.45, 2.75) is 25.3 Å². The fourth-order valence-corrected chi connectivity index (χ4v) is 3.18. The van der Waals surface area contributed by atoms with Crippen LogP contribution in [0.5, 0.6) is 0 Å². The second-order valence-corrected chi connectivity index (χ2v) is 5.61. The first kappa shape index (κ1) is 12.6. The Balaban J connectivity index is 1.63. The van der Waals surface area contributed by atoms with Gasteiger partial charge in [0.05, 0.1) is 33.9 Å². The summed E-state index contributed by atoms with van der Waals surface area (Å²) in [4.78, 5) is 8.87. The lowest BCUT2D eigenvalue weighted by Gasteiger charge is -2.02. The van der Waals surface area contributed by atoms with Crippen molar-refractivity contribution in [3.05, 3.63) is 46.7 Å². The molecular weight excluding hydrogens is 278 g/mol. The topological polar surface area (TPSA) is 30.7 Å². The first-order valence-electron chi connectivity index (χ1n) is 6.26. The van der Waals surface area contributed by atoms with Crippen LogP contribution in [0.4, 0.5) is 0 Å². The van der Waals surface area contributed by atoms with Crippen molar-refractivity contribution in [3.8, 4) is 0 Å². The van der Waals surface area contributed by atoms with Gasteiger partial charge in [0.1, 0.15) is 0 Å². The van der Waals surface area contributed by atoms with Crippen LogP contribution >= 0.6 is 22.9 Å². The van der Waals surface area contributed by atoms with Gasteiger partial charge >= 0.3 is 0 Å². The monoisotopic (exact) mass is 291 g/mol. The maximum absolute atomic E-state index is 5.75. The molecule has 98 valence electrons. The lowest BCUT2D eigenvalue weighted by atomic mass is 10.3. The summed E-state index contributed by atoms with van der Waals surface area (Å²) in [6.45, 7) is 0.969. The van der Waals surface area contributed by atoms with Crippen LogP contribution in [0.2, 0.25) is 0 Å². The van der Waals surface area contributed by atoms with Crippen molar-refractivity contribution in [1.29, 1.82) is 0 Å². The molecule has 0 fully saturated rings. The van der Waals surface area contributed by atoms with Gasteiger partial charge in [0.2, 0.25) is 0 Å². The quantitative estimate of drug-likeness (QED) is 0.668. The highest BCUT2D eigenvalue weighted by molar-refractivity contribution is 7.09. The lowest BCUT2D eigenvalue weighted by molar-refractivity contribution is 0.655. The van der Waals surface area contributed by atoms with Crippen LogP contribution in [0.25, 0.3) is 11.0 Å². The molecule has 0 atom stereocenters. The number of para-hydroxylation sites is 2. The predicted octanol–water partition coefficient (Wildman–Crippen LogP) is 3.86. The molecule has 0 amide bonds. The van der Waals surface area contributed by atoms with E-state index in [9.17, 15) is 0 Å². The zero-order valence-electron chi connectivity index (χ0n) is 10.4. The third kappa shape index (κ3) is 2.80. The molecule has 19 heavy (non-hydrogen) atoms. The molecule has 0 aliphatic heterocycles. The molecule has 0 aliphatic rings. The van der Waals surface area contributed by atoms with Crippen molar-refractivity contribution in [2.24, 2.45) is 0 Å². The lowest BCUT2D eigenvalue weighted by Crippen LogP contribution is -1.98. The maximum atomic E-state index is 5.75. The molecule has 0 radical (unpaired) electrons. The zero-order chi connectivity index (χ0) is 13.1. The fraction of sp³-hybridized carbons (Fsp3) is 0.286.